The Hall–Kier alpha value is -1.23. The highest BCUT2D eigenvalue weighted by Crippen LogP contribution is 2.15. The summed E-state index contributed by atoms with van der Waals surface area (Å²) >= 11 is 0. The first-order valence-corrected chi connectivity index (χ1v) is 4.74. The summed E-state index contributed by atoms with van der Waals surface area (Å²) in [7, 11) is 0. The van der Waals surface area contributed by atoms with Crippen LogP contribution in [0, 0.1) is 5.92 Å². The molecular formula is C9H18N4O. The number of aliphatic imine (C=N–C) groups is 1. The molecule has 5 nitrogen and oxygen atoms in total. The molecule has 0 aromatic carbocycles. The lowest BCUT2D eigenvalue weighted by Crippen LogP contribution is -2.58. The topological polar surface area (TPSA) is 73.9 Å². The molecule has 0 spiro atoms. The van der Waals surface area contributed by atoms with Gasteiger partial charge in [-0.2, -0.15) is 0 Å². The minimum absolute atomic E-state index is 0.104. The second kappa shape index (κ2) is 4.32. The van der Waals surface area contributed by atoms with Crippen LogP contribution in [0.5, 0.6) is 0 Å². The molecule has 1 aliphatic rings. The van der Waals surface area contributed by atoms with Crippen LogP contribution in [0.4, 0.5) is 0 Å². The van der Waals surface area contributed by atoms with Crippen LogP contribution >= 0.6 is 0 Å². The van der Waals surface area contributed by atoms with Gasteiger partial charge in [-0.1, -0.05) is 20.4 Å². The standard InChI is InChI=1S/C9H18N4O/c1-6(2)8(7(3)14)13-9(10)11-4-5-12-13/h6,8,12,14H,3-5H2,1-2H3,(H2,10,11). The van der Waals surface area contributed by atoms with Gasteiger partial charge in [0.1, 0.15) is 11.8 Å². The molecule has 1 rings (SSSR count). The number of aliphatic hydroxyl groups is 1. The SMILES string of the molecule is C=C(O)C(C(C)C)N1NCCN=C1N. The Bertz CT molecular complexity index is 249. The molecule has 0 bridgehead atoms. The van der Waals surface area contributed by atoms with Gasteiger partial charge in [-0.3, -0.25) is 10.0 Å². The van der Waals surface area contributed by atoms with Gasteiger partial charge in [-0.25, -0.2) is 5.43 Å². The van der Waals surface area contributed by atoms with E-state index in [4.69, 9.17) is 5.73 Å². The highest BCUT2D eigenvalue weighted by molar-refractivity contribution is 5.78. The number of hydrogen-bond acceptors (Lipinski definition) is 5. The van der Waals surface area contributed by atoms with E-state index in [1.807, 2.05) is 13.8 Å². The van der Waals surface area contributed by atoms with Gasteiger partial charge >= 0.3 is 0 Å². The van der Waals surface area contributed by atoms with Gasteiger partial charge in [0.25, 0.3) is 0 Å². The van der Waals surface area contributed by atoms with E-state index in [1.165, 1.54) is 0 Å². The van der Waals surface area contributed by atoms with Gasteiger partial charge in [0.2, 0.25) is 5.96 Å². The number of hydrazine groups is 1. The van der Waals surface area contributed by atoms with Crippen molar-refractivity contribution in [3.05, 3.63) is 12.3 Å². The van der Waals surface area contributed by atoms with Crippen molar-refractivity contribution in [3.63, 3.8) is 0 Å². The fourth-order valence-corrected chi connectivity index (χ4v) is 1.57. The Morgan fingerprint density at radius 2 is 2.36 bits per heavy atom. The van der Waals surface area contributed by atoms with Crippen LogP contribution < -0.4 is 11.2 Å². The van der Waals surface area contributed by atoms with Gasteiger partial charge in [0.15, 0.2) is 0 Å². The summed E-state index contributed by atoms with van der Waals surface area (Å²) in [6.45, 7) is 8.95. The van der Waals surface area contributed by atoms with E-state index in [0.717, 1.165) is 6.54 Å². The fraction of sp³-hybridized carbons (Fsp3) is 0.667. The summed E-state index contributed by atoms with van der Waals surface area (Å²) in [4.78, 5) is 4.10. The summed E-state index contributed by atoms with van der Waals surface area (Å²) in [5, 5.41) is 11.1. The van der Waals surface area contributed by atoms with Crippen LogP contribution in [-0.2, 0) is 0 Å². The summed E-state index contributed by atoms with van der Waals surface area (Å²) in [5.41, 5.74) is 8.80. The number of nitrogens with two attached hydrogens (primary N) is 1. The first kappa shape index (κ1) is 10.8. The van der Waals surface area contributed by atoms with E-state index in [1.54, 1.807) is 5.01 Å². The molecule has 0 aromatic rings. The molecule has 0 aromatic heterocycles. The first-order valence-electron chi connectivity index (χ1n) is 4.74. The lowest BCUT2D eigenvalue weighted by atomic mass is 10.0. The Kier molecular flexibility index (Phi) is 3.35. The number of aliphatic hydroxyl groups excluding tert-OH is 1. The summed E-state index contributed by atoms with van der Waals surface area (Å²) in [5.74, 6) is 0.726. The van der Waals surface area contributed by atoms with E-state index in [2.05, 4.69) is 17.0 Å². The van der Waals surface area contributed by atoms with E-state index in [-0.39, 0.29) is 17.7 Å². The van der Waals surface area contributed by atoms with Crippen molar-refractivity contribution in [3.8, 4) is 0 Å². The van der Waals surface area contributed by atoms with Gasteiger partial charge in [0.05, 0.1) is 6.54 Å². The zero-order valence-electron chi connectivity index (χ0n) is 8.70. The van der Waals surface area contributed by atoms with Crippen LogP contribution in [0.2, 0.25) is 0 Å². The molecule has 0 radical (unpaired) electrons. The summed E-state index contributed by atoms with van der Waals surface area (Å²) in [6, 6.07) is -0.223. The molecular weight excluding hydrogens is 180 g/mol. The maximum absolute atomic E-state index is 9.47. The predicted molar refractivity (Wildman–Crippen MR) is 56.7 cm³/mol. The van der Waals surface area contributed by atoms with Crippen molar-refractivity contribution >= 4 is 5.96 Å². The second-order valence-corrected chi connectivity index (χ2v) is 3.70. The normalized spacial score (nSPS) is 19.4. The third-order valence-electron chi connectivity index (χ3n) is 2.17. The molecule has 1 unspecified atom stereocenters. The van der Waals surface area contributed by atoms with Gasteiger partial charge < -0.3 is 10.8 Å². The molecule has 1 atom stereocenters. The number of nitrogens with zero attached hydrogens (tertiary/aromatic N) is 2. The molecule has 0 saturated carbocycles. The lowest BCUT2D eigenvalue weighted by molar-refractivity contribution is 0.156. The largest absolute Gasteiger partial charge is 0.511 e. The third kappa shape index (κ3) is 2.17. The molecule has 4 N–H and O–H groups in total. The molecule has 0 aliphatic carbocycles. The average molecular weight is 198 g/mol. The molecule has 1 aliphatic heterocycles. The number of hydrogen-bond donors (Lipinski definition) is 3. The third-order valence-corrected chi connectivity index (χ3v) is 2.17. The summed E-state index contributed by atoms with van der Waals surface area (Å²) in [6.07, 6.45) is 0. The maximum atomic E-state index is 9.47. The van der Waals surface area contributed by atoms with Gasteiger partial charge in [-0.05, 0) is 5.92 Å². The van der Waals surface area contributed by atoms with E-state index < -0.39 is 0 Å². The second-order valence-electron chi connectivity index (χ2n) is 3.70. The fourth-order valence-electron chi connectivity index (χ4n) is 1.57. The molecule has 5 heteroatoms. The van der Waals surface area contributed by atoms with Crippen LogP contribution in [0.1, 0.15) is 13.8 Å². The van der Waals surface area contributed by atoms with Gasteiger partial charge in [0, 0.05) is 6.54 Å². The average Bonchev–Trinajstić information content (AvgIpc) is 2.07. The van der Waals surface area contributed by atoms with Crippen molar-refractivity contribution in [2.24, 2.45) is 16.6 Å². The van der Waals surface area contributed by atoms with Gasteiger partial charge in [-0.15, -0.1) is 0 Å². The molecule has 0 amide bonds. The summed E-state index contributed by atoms with van der Waals surface area (Å²) < 4.78 is 0. The molecule has 0 saturated heterocycles. The Balaban J connectivity index is 2.82. The number of guanidine groups is 1. The monoisotopic (exact) mass is 198 g/mol. The minimum Gasteiger partial charge on any atom is -0.511 e. The van der Waals surface area contributed by atoms with Crippen LogP contribution in [0.3, 0.4) is 0 Å². The van der Waals surface area contributed by atoms with E-state index in [9.17, 15) is 5.11 Å². The number of rotatable bonds is 3. The highest BCUT2D eigenvalue weighted by Gasteiger charge is 2.27. The number of nitrogens with one attached hydrogen (secondary N) is 1. The van der Waals surface area contributed by atoms with Crippen molar-refractivity contribution in [2.75, 3.05) is 13.1 Å². The van der Waals surface area contributed by atoms with Crippen LogP contribution in [0.25, 0.3) is 0 Å². The smallest absolute Gasteiger partial charge is 0.206 e. The Labute approximate surface area is 84.3 Å². The zero-order chi connectivity index (χ0) is 10.7. The quantitative estimate of drug-likeness (QED) is 0.567. The molecule has 0 fully saturated rings. The van der Waals surface area contributed by atoms with Crippen LogP contribution in [-0.4, -0.2) is 35.2 Å². The van der Waals surface area contributed by atoms with E-state index in [0.29, 0.717) is 12.5 Å². The minimum atomic E-state index is -0.223. The van der Waals surface area contributed by atoms with Crippen LogP contribution in [0.15, 0.2) is 17.3 Å². The molecule has 14 heavy (non-hydrogen) atoms. The van der Waals surface area contributed by atoms with Crippen molar-refractivity contribution < 1.29 is 5.11 Å². The van der Waals surface area contributed by atoms with Crippen molar-refractivity contribution in [2.45, 2.75) is 19.9 Å². The van der Waals surface area contributed by atoms with Crippen molar-refractivity contribution in [1.29, 1.82) is 0 Å². The Morgan fingerprint density at radius 3 is 2.79 bits per heavy atom. The molecule has 1 heterocycles. The lowest BCUT2D eigenvalue weighted by Gasteiger charge is -2.36. The maximum Gasteiger partial charge on any atom is 0.206 e. The Morgan fingerprint density at radius 1 is 1.71 bits per heavy atom. The molecule has 80 valence electrons. The van der Waals surface area contributed by atoms with Crippen molar-refractivity contribution in [1.82, 2.24) is 10.4 Å². The zero-order valence-corrected chi connectivity index (χ0v) is 8.70. The van der Waals surface area contributed by atoms with E-state index >= 15 is 0 Å². The first-order chi connectivity index (χ1) is 6.54. The predicted octanol–water partition coefficient (Wildman–Crippen LogP) is 0.218. The highest BCUT2D eigenvalue weighted by atomic mass is 16.3.